The predicted molar refractivity (Wildman–Crippen MR) is 59.0 cm³/mol. The third-order valence-corrected chi connectivity index (χ3v) is 2.68. The zero-order valence-corrected chi connectivity index (χ0v) is 8.82. The molecule has 1 aromatic rings. The van der Waals surface area contributed by atoms with Crippen molar-refractivity contribution in [3.8, 4) is 5.75 Å². The number of hydrogen-bond acceptors (Lipinski definition) is 2. The summed E-state index contributed by atoms with van der Waals surface area (Å²) in [5.74, 6) is 1.72. The van der Waals surface area contributed by atoms with Gasteiger partial charge in [0.2, 0.25) is 0 Å². The molecule has 0 amide bonds. The van der Waals surface area contributed by atoms with Gasteiger partial charge in [-0.15, -0.1) is 0 Å². The minimum atomic E-state index is 0.573. The lowest BCUT2D eigenvalue weighted by atomic mass is 10.1. The number of carbonyl (C=O) groups excluding carboxylic acids is 1. The van der Waals surface area contributed by atoms with Gasteiger partial charge in [-0.05, 0) is 36.8 Å². The van der Waals surface area contributed by atoms with E-state index in [0.717, 1.165) is 36.5 Å². The topological polar surface area (TPSA) is 26.3 Å². The van der Waals surface area contributed by atoms with Crippen LogP contribution in [0.3, 0.4) is 0 Å². The van der Waals surface area contributed by atoms with Gasteiger partial charge in [0.05, 0.1) is 6.61 Å². The van der Waals surface area contributed by atoms with E-state index < -0.39 is 0 Å². The maximum Gasteiger partial charge on any atom is 0.122 e. The fraction of sp³-hybridized carbons (Fsp3) is 0.462. The molecule has 0 unspecified atom stereocenters. The second-order valence-corrected chi connectivity index (χ2v) is 4.07. The zero-order chi connectivity index (χ0) is 10.5. The highest BCUT2D eigenvalue weighted by Gasteiger charge is 2.22. The minimum absolute atomic E-state index is 0.573. The van der Waals surface area contributed by atoms with Crippen LogP contribution in [0.15, 0.2) is 24.3 Å². The molecule has 2 rings (SSSR count). The molecule has 0 heterocycles. The van der Waals surface area contributed by atoms with Gasteiger partial charge in [-0.3, -0.25) is 0 Å². The molecule has 1 aliphatic rings. The molecule has 80 valence electrons. The highest BCUT2D eigenvalue weighted by atomic mass is 16.5. The third-order valence-electron chi connectivity index (χ3n) is 2.68. The second kappa shape index (κ2) is 4.96. The Morgan fingerprint density at radius 3 is 2.87 bits per heavy atom. The molecule has 1 aromatic carbocycles. The maximum absolute atomic E-state index is 10.3. The van der Waals surface area contributed by atoms with E-state index in [4.69, 9.17) is 4.74 Å². The molecule has 0 radical (unpaired) electrons. The van der Waals surface area contributed by atoms with Crippen LogP contribution in [-0.2, 0) is 11.2 Å². The van der Waals surface area contributed by atoms with E-state index in [9.17, 15) is 4.79 Å². The lowest BCUT2D eigenvalue weighted by Gasteiger charge is -2.09. The number of aryl methyl sites for hydroxylation is 1. The van der Waals surface area contributed by atoms with Crippen LogP contribution >= 0.6 is 0 Å². The number of carbonyl (C=O) groups is 1. The van der Waals surface area contributed by atoms with Gasteiger partial charge in [-0.2, -0.15) is 0 Å². The van der Waals surface area contributed by atoms with E-state index in [-0.39, 0.29) is 0 Å². The van der Waals surface area contributed by atoms with Crippen LogP contribution in [0.1, 0.15) is 24.8 Å². The quantitative estimate of drug-likeness (QED) is 0.666. The molecule has 1 aliphatic carbocycles. The molecule has 0 saturated heterocycles. The smallest absolute Gasteiger partial charge is 0.122 e. The summed E-state index contributed by atoms with van der Waals surface area (Å²) in [4.78, 5) is 10.3. The number of ether oxygens (including phenoxy) is 1. The van der Waals surface area contributed by atoms with Crippen LogP contribution in [0.4, 0.5) is 0 Å². The Kier molecular flexibility index (Phi) is 3.38. The van der Waals surface area contributed by atoms with Gasteiger partial charge in [0, 0.05) is 6.42 Å². The first kappa shape index (κ1) is 10.2. The van der Waals surface area contributed by atoms with Crippen molar-refractivity contribution < 1.29 is 9.53 Å². The monoisotopic (exact) mass is 204 g/mol. The van der Waals surface area contributed by atoms with Crippen LogP contribution in [0.5, 0.6) is 5.75 Å². The number of rotatable bonds is 6. The van der Waals surface area contributed by atoms with Crippen LogP contribution in [0, 0.1) is 5.92 Å². The molecule has 1 saturated carbocycles. The van der Waals surface area contributed by atoms with E-state index in [1.54, 1.807) is 0 Å². The Hall–Kier alpha value is -1.31. The Labute approximate surface area is 90.3 Å². The predicted octanol–water partition coefficient (Wildman–Crippen LogP) is 2.61. The fourth-order valence-electron chi connectivity index (χ4n) is 1.56. The van der Waals surface area contributed by atoms with Crippen molar-refractivity contribution in [1.29, 1.82) is 0 Å². The van der Waals surface area contributed by atoms with Gasteiger partial charge < -0.3 is 9.53 Å². The Bertz CT molecular complexity index is 329. The van der Waals surface area contributed by atoms with Crippen molar-refractivity contribution >= 4 is 6.29 Å². The van der Waals surface area contributed by atoms with Crippen LogP contribution in [0.25, 0.3) is 0 Å². The number of para-hydroxylation sites is 1. The second-order valence-electron chi connectivity index (χ2n) is 4.07. The number of benzene rings is 1. The molecule has 15 heavy (non-hydrogen) atoms. The van der Waals surface area contributed by atoms with Crippen molar-refractivity contribution in [1.82, 2.24) is 0 Å². The molecule has 0 bridgehead atoms. The van der Waals surface area contributed by atoms with Gasteiger partial charge in [0.25, 0.3) is 0 Å². The fourth-order valence-corrected chi connectivity index (χ4v) is 1.56. The average molecular weight is 204 g/mol. The van der Waals surface area contributed by atoms with Crippen molar-refractivity contribution in [2.45, 2.75) is 25.7 Å². The van der Waals surface area contributed by atoms with Gasteiger partial charge in [0.15, 0.2) is 0 Å². The van der Waals surface area contributed by atoms with E-state index in [1.165, 1.54) is 12.8 Å². The molecular weight excluding hydrogens is 188 g/mol. The highest BCUT2D eigenvalue weighted by molar-refractivity contribution is 5.50. The SMILES string of the molecule is O=CCCc1ccccc1OCC1CC1. The standard InChI is InChI=1S/C13H16O2/c14-9-3-5-12-4-1-2-6-13(12)15-10-11-7-8-11/h1-2,4,6,9,11H,3,5,7-8,10H2. The first-order valence-electron chi connectivity index (χ1n) is 5.54. The zero-order valence-electron chi connectivity index (χ0n) is 8.82. The minimum Gasteiger partial charge on any atom is -0.493 e. The molecule has 1 fully saturated rings. The Balaban J connectivity index is 1.95. The van der Waals surface area contributed by atoms with E-state index >= 15 is 0 Å². The van der Waals surface area contributed by atoms with Crippen molar-refractivity contribution in [3.05, 3.63) is 29.8 Å². The summed E-state index contributed by atoms with van der Waals surface area (Å²) < 4.78 is 5.74. The Morgan fingerprint density at radius 1 is 1.33 bits per heavy atom. The number of aldehydes is 1. The molecule has 0 aliphatic heterocycles. The van der Waals surface area contributed by atoms with Crippen LogP contribution in [0.2, 0.25) is 0 Å². The summed E-state index contributed by atoms with van der Waals surface area (Å²) in [5, 5.41) is 0. The molecule has 0 atom stereocenters. The van der Waals surface area contributed by atoms with E-state index in [0.29, 0.717) is 6.42 Å². The third kappa shape index (κ3) is 3.08. The normalized spacial score (nSPS) is 14.9. The lowest BCUT2D eigenvalue weighted by molar-refractivity contribution is -0.107. The van der Waals surface area contributed by atoms with Crippen molar-refractivity contribution in [3.63, 3.8) is 0 Å². The Morgan fingerprint density at radius 2 is 2.13 bits per heavy atom. The summed E-state index contributed by atoms with van der Waals surface area (Å²) in [6.45, 7) is 0.831. The molecule has 0 aromatic heterocycles. The van der Waals surface area contributed by atoms with Crippen LogP contribution < -0.4 is 4.74 Å². The molecule has 0 spiro atoms. The average Bonchev–Trinajstić information content (AvgIpc) is 3.08. The maximum atomic E-state index is 10.3. The van der Waals surface area contributed by atoms with Crippen molar-refractivity contribution in [2.24, 2.45) is 5.92 Å². The summed E-state index contributed by atoms with van der Waals surface area (Å²) in [6.07, 6.45) is 4.92. The van der Waals surface area contributed by atoms with Gasteiger partial charge in [0.1, 0.15) is 12.0 Å². The summed E-state index contributed by atoms with van der Waals surface area (Å²) in [7, 11) is 0. The molecular formula is C13H16O2. The summed E-state index contributed by atoms with van der Waals surface area (Å²) in [5.41, 5.74) is 1.14. The van der Waals surface area contributed by atoms with Crippen LogP contribution in [-0.4, -0.2) is 12.9 Å². The first-order valence-corrected chi connectivity index (χ1v) is 5.54. The summed E-state index contributed by atoms with van der Waals surface area (Å²) >= 11 is 0. The van der Waals surface area contributed by atoms with E-state index in [2.05, 4.69) is 0 Å². The molecule has 0 N–H and O–H groups in total. The summed E-state index contributed by atoms with van der Waals surface area (Å²) in [6, 6.07) is 7.99. The first-order chi connectivity index (χ1) is 7.40. The number of hydrogen-bond donors (Lipinski definition) is 0. The van der Waals surface area contributed by atoms with Gasteiger partial charge in [-0.1, -0.05) is 18.2 Å². The van der Waals surface area contributed by atoms with Gasteiger partial charge >= 0.3 is 0 Å². The highest BCUT2D eigenvalue weighted by Crippen LogP contribution is 2.30. The van der Waals surface area contributed by atoms with Crippen molar-refractivity contribution in [2.75, 3.05) is 6.61 Å². The van der Waals surface area contributed by atoms with Gasteiger partial charge in [-0.25, -0.2) is 0 Å². The molecule has 2 heteroatoms. The molecule has 2 nitrogen and oxygen atoms in total. The lowest BCUT2D eigenvalue weighted by Crippen LogP contribution is -2.01. The largest absolute Gasteiger partial charge is 0.493 e. The van der Waals surface area contributed by atoms with E-state index in [1.807, 2.05) is 24.3 Å².